The molecule has 0 aliphatic heterocycles. The number of carbonyl (C=O) groups is 1. The van der Waals surface area contributed by atoms with Crippen LogP contribution >= 0.6 is 11.6 Å². The van der Waals surface area contributed by atoms with Crippen LogP contribution in [0.4, 0.5) is 11.4 Å². The smallest absolute Gasteiger partial charge is 0.228 e. The van der Waals surface area contributed by atoms with Crippen molar-refractivity contribution in [2.45, 2.75) is 20.3 Å². The molecule has 0 heterocycles. The Morgan fingerprint density at radius 1 is 1.20 bits per heavy atom. The van der Waals surface area contributed by atoms with E-state index in [1.807, 2.05) is 32.0 Å². The van der Waals surface area contributed by atoms with Crippen LogP contribution in [-0.4, -0.2) is 5.91 Å². The Bertz CT molecular complexity index is 597. The predicted molar refractivity (Wildman–Crippen MR) is 84.1 cm³/mol. The molecule has 0 bridgehead atoms. The van der Waals surface area contributed by atoms with Crippen LogP contribution < -0.4 is 11.1 Å². The van der Waals surface area contributed by atoms with Gasteiger partial charge in [-0.3, -0.25) is 4.79 Å². The molecule has 3 N–H and O–H groups in total. The van der Waals surface area contributed by atoms with Crippen LogP contribution in [-0.2, 0) is 11.2 Å². The van der Waals surface area contributed by atoms with Crippen LogP contribution in [0.5, 0.6) is 0 Å². The summed E-state index contributed by atoms with van der Waals surface area (Å²) >= 11 is 5.90. The summed E-state index contributed by atoms with van der Waals surface area (Å²) in [5, 5.41) is 3.34. The highest BCUT2D eigenvalue weighted by Crippen LogP contribution is 2.23. The third-order valence-corrected chi connectivity index (χ3v) is 3.38. The highest BCUT2D eigenvalue weighted by molar-refractivity contribution is 6.31. The Balaban J connectivity index is 2.13. The Kier molecular flexibility index (Phi) is 4.30. The van der Waals surface area contributed by atoms with E-state index in [0.29, 0.717) is 22.8 Å². The second-order valence-corrected chi connectivity index (χ2v) is 5.32. The molecule has 2 aromatic rings. The first-order valence-corrected chi connectivity index (χ1v) is 6.74. The molecule has 1 amide bonds. The zero-order chi connectivity index (χ0) is 14.7. The Labute approximate surface area is 123 Å². The van der Waals surface area contributed by atoms with Gasteiger partial charge >= 0.3 is 0 Å². The third kappa shape index (κ3) is 3.52. The number of anilines is 2. The zero-order valence-corrected chi connectivity index (χ0v) is 12.3. The summed E-state index contributed by atoms with van der Waals surface area (Å²) in [4.78, 5) is 12.1. The van der Waals surface area contributed by atoms with Crippen LogP contribution in [0.3, 0.4) is 0 Å². The highest BCUT2D eigenvalue weighted by Gasteiger charge is 2.09. The summed E-state index contributed by atoms with van der Waals surface area (Å²) in [5.41, 5.74) is 10.1. The minimum absolute atomic E-state index is 0.104. The van der Waals surface area contributed by atoms with Crippen molar-refractivity contribution >= 4 is 28.9 Å². The Morgan fingerprint density at radius 3 is 2.70 bits per heavy atom. The topological polar surface area (TPSA) is 55.1 Å². The van der Waals surface area contributed by atoms with Crippen molar-refractivity contribution in [1.82, 2.24) is 0 Å². The van der Waals surface area contributed by atoms with Gasteiger partial charge in [0, 0.05) is 5.02 Å². The maximum Gasteiger partial charge on any atom is 0.228 e. The van der Waals surface area contributed by atoms with Gasteiger partial charge in [0.2, 0.25) is 5.91 Å². The summed E-state index contributed by atoms with van der Waals surface area (Å²) < 4.78 is 0. The predicted octanol–water partition coefficient (Wildman–Crippen LogP) is 3.72. The van der Waals surface area contributed by atoms with E-state index >= 15 is 0 Å². The van der Waals surface area contributed by atoms with Gasteiger partial charge < -0.3 is 11.1 Å². The van der Waals surface area contributed by atoms with Gasteiger partial charge in [0.15, 0.2) is 0 Å². The monoisotopic (exact) mass is 288 g/mol. The largest absolute Gasteiger partial charge is 0.397 e. The summed E-state index contributed by atoms with van der Waals surface area (Å²) in [6.07, 6.45) is 0.319. The van der Waals surface area contributed by atoms with Crippen molar-refractivity contribution in [2.75, 3.05) is 11.1 Å². The number of aryl methyl sites for hydroxylation is 2. The van der Waals surface area contributed by atoms with Crippen molar-refractivity contribution in [2.24, 2.45) is 0 Å². The number of rotatable bonds is 3. The van der Waals surface area contributed by atoms with Crippen molar-refractivity contribution in [1.29, 1.82) is 0 Å². The molecule has 0 unspecified atom stereocenters. The lowest BCUT2D eigenvalue weighted by Crippen LogP contribution is -2.16. The van der Waals surface area contributed by atoms with E-state index in [-0.39, 0.29) is 5.91 Å². The quantitative estimate of drug-likeness (QED) is 0.846. The van der Waals surface area contributed by atoms with E-state index in [1.165, 1.54) is 0 Å². The normalized spacial score (nSPS) is 10.3. The molecule has 0 aliphatic carbocycles. The average Bonchev–Trinajstić information content (AvgIpc) is 2.38. The number of nitrogens with one attached hydrogen (secondary N) is 1. The Morgan fingerprint density at radius 2 is 1.95 bits per heavy atom. The summed E-state index contributed by atoms with van der Waals surface area (Å²) in [6, 6.07) is 11.1. The highest BCUT2D eigenvalue weighted by atomic mass is 35.5. The minimum atomic E-state index is -0.104. The maximum atomic E-state index is 12.1. The van der Waals surface area contributed by atoms with E-state index < -0.39 is 0 Å². The SMILES string of the molecule is Cc1ccc(C)c(CC(=O)Nc2cc(Cl)ccc2N)c1. The molecule has 104 valence electrons. The van der Waals surface area contributed by atoms with Gasteiger partial charge in [-0.25, -0.2) is 0 Å². The molecule has 0 fully saturated rings. The van der Waals surface area contributed by atoms with Gasteiger partial charge in [0.1, 0.15) is 0 Å². The van der Waals surface area contributed by atoms with E-state index in [9.17, 15) is 4.79 Å². The van der Waals surface area contributed by atoms with E-state index in [0.717, 1.165) is 16.7 Å². The van der Waals surface area contributed by atoms with Gasteiger partial charge in [-0.1, -0.05) is 35.4 Å². The first-order chi connectivity index (χ1) is 9.45. The van der Waals surface area contributed by atoms with Crippen LogP contribution in [0.25, 0.3) is 0 Å². The number of hydrogen-bond acceptors (Lipinski definition) is 2. The van der Waals surface area contributed by atoms with E-state index in [1.54, 1.807) is 18.2 Å². The first kappa shape index (κ1) is 14.4. The molecule has 0 radical (unpaired) electrons. The molecule has 0 atom stereocenters. The lowest BCUT2D eigenvalue weighted by atomic mass is 10.0. The zero-order valence-electron chi connectivity index (χ0n) is 11.5. The number of carbonyl (C=O) groups excluding carboxylic acids is 1. The number of amides is 1. The fourth-order valence-electron chi connectivity index (χ4n) is 1.99. The van der Waals surface area contributed by atoms with E-state index in [4.69, 9.17) is 17.3 Å². The van der Waals surface area contributed by atoms with Crippen LogP contribution in [0.15, 0.2) is 36.4 Å². The summed E-state index contributed by atoms with van der Waals surface area (Å²) in [7, 11) is 0. The van der Waals surface area contributed by atoms with E-state index in [2.05, 4.69) is 5.32 Å². The number of nitrogen functional groups attached to an aromatic ring is 1. The molecule has 2 rings (SSSR count). The van der Waals surface area contributed by atoms with Gasteiger partial charge in [0.25, 0.3) is 0 Å². The summed E-state index contributed by atoms with van der Waals surface area (Å²) in [6.45, 7) is 4.01. The van der Waals surface area contributed by atoms with Crippen LogP contribution in [0.1, 0.15) is 16.7 Å². The number of benzene rings is 2. The molecule has 0 aliphatic rings. The van der Waals surface area contributed by atoms with Gasteiger partial charge in [-0.2, -0.15) is 0 Å². The second kappa shape index (κ2) is 5.97. The van der Waals surface area contributed by atoms with Gasteiger partial charge in [-0.05, 0) is 43.2 Å². The maximum absolute atomic E-state index is 12.1. The number of hydrogen-bond donors (Lipinski definition) is 2. The second-order valence-electron chi connectivity index (χ2n) is 4.89. The fraction of sp³-hybridized carbons (Fsp3) is 0.188. The lowest BCUT2D eigenvalue weighted by molar-refractivity contribution is -0.115. The lowest BCUT2D eigenvalue weighted by Gasteiger charge is -2.10. The van der Waals surface area contributed by atoms with Crippen molar-refractivity contribution in [3.63, 3.8) is 0 Å². The average molecular weight is 289 g/mol. The molecule has 2 aromatic carbocycles. The first-order valence-electron chi connectivity index (χ1n) is 6.36. The molecule has 0 spiro atoms. The standard InChI is InChI=1S/C16H17ClN2O/c1-10-3-4-11(2)12(7-10)8-16(20)19-15-9-13(17)5-6-14(15)18/h3-7,9H,8,18H2,1-2H3,(H,19,20). The van der Waals surface area contributed by atoms with Crippen molar-refractivity contribution < 1.29 is 4.79 Å². The molecular weight excluding hydrogens is 272 g/mol. The van der Waals surface area contributed by atoms with Crippen LogP contribution in [0.2, 0.25) is 5.02 Å². The van der Waals surface area contributed by atoms with Gasteiger partial charge in [0.05, 0.1) is 17.8 Å². The molecule has 0 saturated carbocycles. The van der Waals surface area contributed by atoms with Gasteiger partial charge in [-0.15, -0.1) is 0 Å². The third-order valence-electron chi connectivity index (χ3n) is 3.15. The molecule has 20 heavy (non-hydrogen) atoms. The fourth-order valence-corrected chi connectivity index (χ4v) is 2.17. The minimum Gasteiger partial charge on any atom is -0.397 e. The van der Waals surface area contributed by atoms with Crippen molar-refractivity contribution in [3.05, 3.63) is 58.1 Å². The number of halogens is 1. The molecule has 3 nitrogen and oxygen atoms in total. The van der Waals surface area contributed by atoms with Crippen LogP contribution in [0, 0.1) is 13.8 Å². The Hall–Kier alpha value is -2.00. The molecule has 4 heteroatoms. The molecular formula is C16H17ClN2O. The molecule has 0 aromatic heterocycles. The van der Waals surface area contributed by atoms with Crippen molar-refractivity contribution in [3.8, 4) is 0 Å². The molecule has 0 saturated heterocycles. The number of nitrogens with two attached hydrogens (primary N) is 1. The summed E-state index contributed by atoms with van der Waals surface area (Å²) in [5.74, 6) is -0.104.